The first-order valence-corrected chi connectivity index (χ1v) is 3.72. The first-order chi connectivity index (χ1) is 5.33. The average Bonchev–Trinajstić information content (AvgIpc) is 2.04. The van der Waals surface area contributed by atoms with Crippen LogP contribution in [0.3, 0.4) is 0 Å². The van der Waals surface area contributed by atoms with Crippen LogP contribution in [-0.4, -0.2) is 18.2 Å². The normalized spacial score (nSPS) is 10.7. The van der Waals surface area contributed by atoms with Crippen LogP contribution in [0.1, 0.15) is 5.56 Å². The zero-order chi connectivity index (χ0) is 8.10. The van der Waals surface area contributed by atoms with Gasteiger partial charge in [-0.2, -0.15) is 0 Å². The molecule has 0 radical (unpaired) electrons. The van der Waals surface area contributed by atoms with Gasteiger partial charge in [-0.3, -0.25) is 0 Å². The summed E-state index contributed by atoms with van der Waals surface area (Å²) in [5.74, 6) is 0. The molecule has 0 saturated carbocycles. The Hall–Kier alpha value is -0.890. The van der Waals surface area contributed by atoms with Gasteiger partial charge in [-0.1, -0.05) is 17.7 Å². The Labute approximate surface area is 70.9 Å². The van der Waals surface area contributed by atoms with Crippen molar-refractivity contribution in [3.63, 3.8) is 0 Å². The third-order valence-electron chi connectivity index (χ3n) is 1.30. The molecular weight excluding hydrogens is 160 g/mol. The molecule has 1 rings (SSSR count). The van der Waals surface area contributed by atoms with Crippen molar-refractivity contribution in [1.82, 2.24) is 4.98 Å². The number of aromatic nitrogens is 1. The second-order valence-electron chi connectivity index (χ2n) is 2.13. The summed E-state index contributed by atoms with van der Waals surface area (Å²) in [6, 6.07) is 3.72. The van der Waals surface area contributed by atoms with E-state index in [1.807, 2.05) is 12.3 Å². The maximum atomic E-state index is 5.60. The van der Waals surface area contributed by atoms with E-state index in [0.29, 0.717) is 5.15 Å². The van der Waals surface area contributed by atoms with Gasteiger partial charge in [0.25, 0.3) is 0 Å². The van der Waals surface area contributed by atoms with Crippen molar-refractivity contribution in [3.8, 4) is 0 Å². The maximum Gasteiger partial charge on any atom is 0.129 e. The highest BCUT2D eigenvalue weighted by Gasteiger charge is 1.90. The molecule has 3 heteroatoms. The molecule has 0 amide bonds. The van der Waals surface area contributed by atoms with Gasteiger partial charge in [-0.25, -0.2) is 4.98 Å². The SMILES string of the molecule is C/N=C/Cc1ccc(Cl)nc1. The van der Waals surface area contributed by atoms with Crippen LogP contribution in [0, 0.1) is 0 Å². The first kappa shape index (κ1) is 8.21. The number of hydrogen-bond acceptors (Lipinski definition) is 2. The molecule has 11 heavy (non-hydrogen) atoms. The minimum absolute atomic E-state index is 0.530. The smallest absolute Gasteiger partial charge is 0.129 e. The highest BCUT2D eigenvalue weighted by Crippen LogP contribution is 2.04. The molecule has 58 valence electrons. The summed E-state index contributed by atoms with van der Waals surface area (Å²) in [4.78, 5) is 7.80. The van der Waals surface area contributed by atoms with Gasteiger partial charge in [-0.05, 0) is 11.6 Å². The zero-order valence-electron chi connectivity index (χ0n) is 6.29. The second-order valence-corrected chi connectivity index (χ2v) is 2.52. The van der Waals surface area contributed by atoms with Crippen LogP contribution in [0.5, 0.6) is 0 Å². The summed E-state index contributed by atoms with van der Waals surface area (Å²) in [7, 11) is 1.75. The van der Waals surface area contributed by atoms with Crippen molar-refractivity contribution in [1.29, 1.82) is 0 Å². The molecule has 0 saturated heterocycles. The Morgan fingerprint density at radius 3 is 3.00 bits per heavy atom. The topological polar surface area (TPSA) is 25.2 Å². The lowest BCUT2D eigenvalue weighted by atomic mass is 10.2. The molecule has 0 aliphatic rings. The molecule has 0 fully saturated rings. The summed E-state index contributed by atoms with van der Waals surface area (Å²) in [5.41, 5.74) is 1.13. The lowest BCUT2D eigenvalue weighted by Gasteiger charge is -1.93. The van der Waals surface area contributed by atoms with Crippen molar-refractivity contribution >= 4 is 17.8 Å². The molecule has 2 nitrogen and oxygen atoms in total. The largest absolute Gasteiger partial charge is 0.301 e. The third kappa shape index (κ3) is 2.68. The van der Waals surface area contributed by atoms with E-state index in [1.54, 1.807) is 19.3 Å². The molecule has 1 aromatic heterocycles. The molecule has 1 heterocycles. The van der Waals surface area contributed by atoms with E-state index >= 15 is 0 Å². The highest BCUT2D eigenvalue weighted by atomic mass is 35.5. The monoisotopic (exact) mass is 168 g/mol. The van der Waals surface area contributed by atoms with Crippen molar-refractivity contribution in [2.24, 2.45) is 4.99 Å². The van der Waals surface area contributed by atoms with E-state index < -0.39 is 0 Å². The lowest BCUT2D eigenvalue weighted by molar-refractivity contribution is 1.22. The van der Waals surface area contributed by atoms with Gasteiger partial charge in [-0.15, -0.1) is 0 Å². The van der Waals surface area contributed by atoms with Crippen molar-refractivity contribution in [2.45, 2.75) is 6.42 Å². The Morgan fingerprint density at radius 2 is 2.45 bits per heavy atom. The van der Waals surface area contributed by atoms with Gasteiger partial charge < -0.3 is 4.99 Å². The number of rotatable bonds is 2. The Morgan fingerprint density at radius 1 is 1.64 bits per heavy atom. The van der Waals surface area contributed by atoms with Crippen LogP contribution in [0.15, 0.2) is 23.3 Å². The molecule has 0 aliphatic heterocycles. The first-order valence-electron chi connectivity index (χ1n) is 3.34. The zero-order valence-corrected chi connectivity index (χ0v) is 7.04. The summed E-state index contributed by atoms with van der Waals surface area (Å²) in [6.07, 6.45) is 4.41. The van der Waals surface area contributed by atoms with E-state index in [-0.39, 0.29) is 0 Å². The van der Waals surface area contributed by atoms with Gasteiger partial charge in [0.05, 0.1) is 0 Å². The Balaban J connectivity index is 2.66. The standard InChI is InChI=1S/C8H9ClN2/c1-10-5-4-7-2-3-8(9)11-6-7/h2-3,5-6H,4H2,1H3/b10-5+. The van der Waals surface area contributed by atoms with Gasteiger partial charge in [0, 0.05) is 25.9 Å². The Kier molecular flexibility index (Phi) is 3.05. The minimum atomic E-state index is 0.530. The van der Waals surface area contributed by atoms with Gasteiger partial charge in [0.1, 0.15) is 5.15 Å². The molecule has 0 unspecified atom stereocenters. The minimum Gasteiger partial charge on any atom is -0.301 e. The van der Waals surface area contributed by atoms with E-state index in [1.165, 1.54) is 0 Å². The fourth-order valence-electron chi connectivity index (χ4n) is 0.724. The number of halogens is 1. The fourth-order valence-corrected chi connectivity index (χ4v) is 0.836. The number of hydrogen-bond donors (Lipinski definition) is 0. The summed E-state index contributed by atoms with van der Waals surface area (Å²) >= 11 is 5.60. The Bertz CT molecular complexity index is 241. The van der Waals surface area contributed by atoms with Crippen LogP contribution in [0.25, 0.3) is 0 Å². The predicted octanol–water partition coefficient (Wildman–Crippen LogP) is 1.98. The predicted molar refractivity (Wildman–Crippen MR) is 47.4 cm³/mol. The number of pyridine rings is 1. The molecular formula is C8H9ClN2. The number of nitrogens with zero attached hydrogens (tertiary/aromatic N) is 2. The summed E-state index contributed by atoms with van der Waals surface area (Å²) in [6.45, 7) is 0. The van der Waals surface area contributed by atoms with Crippen LogP contribution in [-0.2, 0) is 6.42 Å². The van der Waals surface area contributed by atoms with Gasteiger partial charge in [0.2, 0.25) is 0 Å². The maximum absolute atomic E-state index is 5.60. The quantitative estimate of drug-likeness (QED) is 0.490. The van der Waals surface area contributed by atoms with E-state index in [9.17, 15) is 0 Å². The second kappa shape index (κ2) is 4.09. The van der Waals surface area contributed by atoms with Crippen LogP contribution < -0.4 is 0 Å². The molecule has 0 bridgehead atoms. The fraction of sp³-hybridized carbons (Fsp3) is 0.250. The molecule has 0 aliphatic carbocycles. The van der Waals surface area contributed by atoms with Crippen molar-refractivity contribution < 1.29 is 0 Å². The van der Waals surface area contributed by atoms with Crippen LogP contribution >= 0.6 is 11.6 Å². The molecule has 0 atom stereocenters. The summed E-state index contributed by atoms with van der Waals surface area (Å²) in [5, 5.41) is 0.530. The van der Waals surface area contributed by atoms with Crippen molar-refractivity contribution in [3.05, 3.63) is 29.0 Å². The lowest BCUT2D eigenvalue weighted by Crippen LogP contribution is -1.86. The molecule has 1 aromatic rings. The van der Waals surface area contributed by atoms with E-state index in [0.717, 1.165) is 12.0 Å². The molecule has 0 aromatic carbocycles. The summed E-state index contributed by atoms with van der Waals surface area (Å²) < 4.78 is 0. The van der Waals surface area contributed by atoms with Gasteiger partial charge >= 0.3 is 0 Å². The third-order valence-corrected chi connectivity index (χ3v) is 1.52. The van der Waals surface area contributed by atoms with Crippen LogP contribution in [0.4, 0.5) is 0 Å². The van der Waals surface area contributed by atoms with Crippen LogP contribution in [0.2, 0.25) is 5.15 Å². The van der Waals surface area contributed by atoms with E-state index in [2.05, 4.69) is 9.98 Å². The van der Waals surface area contributed by atoms with Crippen molar-refractivity contribution in [2.75, 3.05) is 7.05 Å². The average molecular weight is 169 g/mol. The number of aliphatic imine (C=N–C) groups is 1. The molecule has 0 spiro atoms. The van der Waals surface area contributed by atoms with E-state index in [4.69, 9.17) is 11.6 Å². The van der Waals surface area contributed by atoms with Gasteiger partial charge in [0.15, 0.2) is 0 Å². The molecule has 0 N–H and O–H groups in total. The highest BCUT2D eigenvalue weighted by molar-refractivity contribution is 6.29.